The normalized spacial score (nSPS) is 12.6. The van der Waals surface area contributed by atoms with E-state index in [-0.39, 0.29) is 21.5 Å². The monoisotopic (exact) mass is 465 g/mol. The summed E-state index contributed by atoms with van der Waals surface area (Å²) in [6, 6.07) is 17.4. The van der Waals surface area contributed by atoms with Gasteiger partial charge in [-0.1, -0.05) is 29.3 Å². The molecule has 0 bridgehead atoms. The summed E-state index contributed by atoms with van der Waals surface area (Å²) < 4.78 is 7.75. The number of benzene rings is 2. The van der Waals surface area contributed by atoms with Gasteiger partial charge in [0.25, 0.3) is 11.8 Å². The fraction of sp³-hybridized carbons (Fsp3) is 0.0833. The van der Waals surface area contributed by atoms with Crippen molar-refractivity contribution in [2.24, 2.45) is 0 Å². The number of fused-ring (bicyclic) bond motifs is 2. The zero-order valence-corrected chi connectivity index (χ0v) is 18.2. The number of anilines is 2. The van der Waals surface area contributed by atoms with Gasteiger partial charge in [-0.25, -0.2) is 0 Å². The summed E-state index contributed by atoms with van der Waals surface area (Å²) >= 11 is 12.2. The van der Waals surface area contributed by atoms with Gasteiger partial charge in [0.05, 0.1) is 35.0 Å². The molecule has 3 heterocycles. The highest BCUT2D eigenvalue weighted by molar-refractivity contribution is 6.40. The standard InChI is InChI=1S/C24H17Cl2N3O3/c25-19-4-1-5-20(26)21(19)22(30)27-17-8-6-15(7-9-17)23(31)29-14-18-3-2-11-28(18)13-16-10-12-32-24(16)29/h1-12H,13-14H2,(H,27,30). The van der Waals surface area contributed by atoms with E-state index < -0.39 is 5.91 Å². The van der Waals surface area contributed by atoms with E-state index in [1.54, 1.807) is 53.6 Å². The molecule has 0 radical (unpaired) electrons. The van der Waals surface area contributed by atoms with Crippen LogP contribution in [0.25, 0.3) is 0 Å². The number of hydrogen-bond acceptors (Lipinski definition) is 3. The Morgan fingerprint density at radius 3 is 2.41 bits per heavy atom. The second kappa shape index (κ2) is 8.22. The van der Waals surface area contributed by atoms with Gasteiger partial charge in [0, 0.05) is 28.7 Å². The lowest BCUT2D eigenvalue weighted by atomic mass is 10.1. The Hall–Kier alpha value is -3.48. The van der Waals surface area contributed by atoms with E-state index in [1.807, 2.05) is 24.4 Å². The molecule has 0 atom stereocenters. The average molecular weight is 466 g/mol. The van der Waals surface area contributed by atoms with Crippen LogP contribution in [0.5, 0.6) is 0 Å². The summed E-state index contributed by atoms with van der Waals surface area (Å²) in [6.07, 6.45) is 3.58. The Bertz CT molecular complexity index is 1300. The highest BCUT2D eigenvalue weighted by Crippen LogP contribution is 2.30. The number of nitrogens with one attached hydrogen (secondary N) is 1. The first kappa shape index (κ1) is 20.4. The number of carbonyl (C=O) groups is 2. The van der Waals surface area contributed by atoms with Crippen LogP contribution in [-0.4, -0.2) is 16.4 Å². The summed E-state index contributed by atoms with van der Waals surface area (Å²) in [4.78, 5) is 27.5. The van der Waals surface area contributed by atoms with Crippen molar-refractivity contribution in [1.82, 2.24) is 4.57 Å². The number of furan rings is 1. The van der Waals surface area contributed by atoms with Crippen molar-refractivity contribution in [3.05, 3.63) is 106 Å². The van der Waals surface area contributed by atoms with Crippen LogP contribution in [-0.2, 0) is 13.1 Å². The molecule has 1 aliphatic heterocycles. The van der Waals surface area contributed by atoms with E-state index in [0.29, 0.717) is 30.2 Å². The third-order valence-corrected chi connectivity index (χ3v) is 6.01. The smallest absolute Gasteiger partial charge is 0.260 e. The van der Waals surface area contributed by atoms with Crippen LogP contribution in [0.15, 0.2) is 77.5 Å². The lowest BCUT2D eigenvalue weighted by Crippen LogP contribution is -2.30. The quantitative estimate of drug-likeness (QED) is 0.412. The minimum atomic E-state index is -0.423. The summed E-state index contributed by atoms with van der Waals surface area (Å²) in [5, 5.41) is 3.29. The Kier molecular flexibility index (Phi) is 5.25. The van der Waals surface area contributed by atoms with Gasteiger partial charge in [-0.05, 0) is 54.6 Å². The van der Waals surface area contributed by atoms with Crippen LogP contribution >= 0.6 is 23.2 Å². The van der Waals surface area contributed by atoms with Gasteiger partial charge >= 0.3 is 0 Å². The summed E-state index contributed by atoms with van der Waals surface area (Å²) in [5.41, 5.74) is 3.15. The molecule has 1 aliphatic rings. The number of rotatable bonds is 3. The maximum absolute atomic E-state index is 13.3. The van der Waals surface area contributed by atoms with Crippen molar-refractivity contribution in [1.29, 1.82) is 0 Å². The molecule has 2 amide bonds. The number of halogens is 2. The Morgan fingerprint density at radius 2 is 1.66 bits per heavy atom. The molecular formula is C24H17Cl2N3O3. The second-order valence-electron chi connectivity index (χ2n) is 7.40. The second-order valence-corrected chi connectivity index (χ2v) is 8.21. The molecule has 0 saturated carbocycles. The molecule has 4 aromatic rings. The Balaban J connectivity index is 1.38. The molecule has 0 spiro atoms. The van der Waals surface area contributed by atoms with E-state index in [0.717, 1.165) is 11.3 Å². The van der Waals surface area contributed by atoms with E-state index in [2.05, 4.69) is 9.88 Å². The molecule has 8 heteroatoms. The fourth-order valence-electron chi connectivity index (χ4n) is 3.77. The lowest BCUT2D eigenvalue weighted by molar-refractivity contribution is 0.0979. The van der Waals surface area contributed by atoms with Crippen LogP contribution in [0.1, 0.15) is 32.0 Å². The van der Waals surface area contributed by atoms with Crippen molar-refractivity contribution in [2.75, 3.05) is 10.2 Å². The van der Waals surface area contributed by atoms with Crippen molar-refractivity contribution < 1.29 is 14.0 Å². The molecule has 1 N–H and O–H groups in total. The largest absolute Gasteiger partial charge is 0.448 e. The van der Waals surface area contributed by atoms with Crippen LogP contribution in [0, 0.1) is 0 Å². The molecule has 6 nitrogen and oxygen atoms in total. The maximum atomic E-state index is 13.3. The van der Waals surface area contributed by atoms with Gasteiger partial charge in [0.1, 0.15) is 0 Å². The van der Waals surface area contributed by atoms with Crippen LogP contribution in [0.4, 0.5) is 11.6 Å². The lowest BCUT2D eigenvalue weighted by Gasteiger charge is -2.19. The Labute approximate surface area is 194 Å². The van der Waals surface area contributed by atoms with E-state index >= 15 is 0 Å². The van der Waals surface area contributed by atoms with E-state index in [1.165, 1.54) is 0 Å². The SMILES string of the molecule is O=C(Nc1ccc(C(=O)N2Cc3cccn3Cc3ccoc32)cc1)c1c(Cl)cccc1Cl. The number of aromatic nitrogens is 1. The van der Waals surface area contributed by atoms with Gasteiger partial charge in [0.15, 0.2) is 0 Å². The van der Waals surface area contributed by atoms with Gasteiger partial charge in [-0.3, -0.25) is 14.5 Å². The van der Waals surface area contributed by atoms with Crippen LogP contribution < -0.4 is 10.2 Å². The van der Waals surface area contributed by atoms with Crippen molar-refractivity contribution in [3.8, 4) is 0 Å². The zero-order chi connectivity index (χ0) is 22.2. The van der Waals surface area contributed by atoms with Crippen molar-refractivity contribution in [2.45, 2.75) is 13.1 Å². The number of carbonyl (C=O) groups excluding carboxylic acids is 2. The number of nitrogens with zero attached hydrogens (tertiary/aromatic N) is 2. The molecule has 0 fully saturated rings. The molecule has 0 saturated heterocycles. The van der Waals surface area contributed by atoms with Gasteiger partial charge in [0.2, 0.25) is 5.88 Å². The topological polar surface area (TPSA) is 67.5 Å². The predicted molar refractivity (Wildman–Crippen MR) is 124 cm³/mol. The number of amides is 2. The molecule has 160 valence electrons. The van der Waals surface area contributed by atoms with Gasteiger partial charge < -0.3 is 14.3 Å². The minimum Gasteiger partial charge on any atom is -0.448 e. The number of hydrogen-bond donors (Lipinski definition) is 1. The zero-order valence-electron chi connectivity index (χ0n) is 16.7. The van der Waals surface area contributed by atoms with Gasteiger partial charge in [-0.2, -0.15) is 0 Å². The van der Waals surface area contributed by atoms with Crippen LogP contribution in [0.2, 0.25) is 10.0 Å². The molecule has 0 aliphatic carbocycles. The van der Waals surface area contributed by atoms with E-state index in [9.17, 15) is 9.59 Å². The van der Waals surface area contributed by atoms with Crippen molar-refractivity contribution in [3.63, 3.8) is 0 Å². The summed E-state index contributed by atoms with van der Waals surface area (Å²) in [7, 11) is 0. The first-order valence-corrected chi connectivity index (χ1v) is 10.6. The third kappa shape index (κ3) is 3.68. The summed E-state index contributed by atoms with van der Waals surface area (Å²) in [6.45, 7) is 1.05. The maximum Gasteiger partial charge on any atom is 0.260 e. The average Bonchev–Trinajstić information content (AvgIpc) is 3.39. The molecular weight excluding hydrogens is 449 g/mol. The van der Waals surface area contributed by atoms with Crippen LogP contribution in [0.3, 0.4) is 0 Å². The van der Waals surface area contributed by atoms with Gasteiger partial charge in [-0.15, -0.1) is 0 Å². The minimum absolute atomic E-state index is 0.192. The highest BCUT2D eigenvalue weighted by atomic mass is 35.5. The fourth-order valence-corrected chi connectivity index (χ4v) is 4.34. The third-order valence-electron chi connectivity index (χ3n) is 5.38. The molecule has 2 aromatic heterocycles. The summed E-state index contributed by atoms with van der Waals surface area (Å²) in [5.74, 6) is -0.0690. The first-order valence-electron chi connectivity index (χ1n) is 9.89. The molecule has 5 rings (SSSR count). The van der Waals surface area contributed by atoms with Crippen molar-refractivity contribution >= 4 is 46.6 Å². The molecule has 2 aromatic carbocycles. The Morgan fingerprint density at radius 1 is 0.906 bits per heavy atom. The highest BCUT2D eigenvalue weighted by Gasteiger charge is 2.27. The predicted octanol–water partition coefficient (Wildman–Crippen LogP) is 5.85. The molecule has 0 unspecified atom stereocenters. The van der Waals surface area contributed by atoms with E-state index in [4.69, 9.17) is 27.6 Å². The first-order chi connectivity index (χ1) is 15.5. The molecule has 32 heavy (non-hydrogen) atoms.